The number of hydrogen-bond donors (Lipinski definition) is 1. The predicted molar refractivity (Wildman–Crippen MR) is 81.6 cm³/mol. The molecule has 116 valence electrons. The topological polar surface area (TPSA) is 49.4 Å². The summed E-state index contributed by atoms with van der Waals surface area (Å²) >= 11 is 0. The molecule has 3 rings (SSSR count). The fourth-order valence-electron chi connectivity index (χ4n) is 4.31. The number of piperidine rings is 1. The summed E-state index contributed by atoms with van der Waals surface area (Å²) in [7, 11) is -2.79. The molecule has 0 aromatic heterocycles. The van der Waals surface area contributed by atoms with Crippen molar-refractivity contribution in [3.8, 4) is 0 Å². The summed E-state index contributed by atoms with van der Waals surface area (Å²) < 4.78 is 23.3. The van der Waals surface area contributed by atoms with Gasteiger partial charge in [0.2, 0.25) is 0 Å². The van der Waals surface area contributed by atoms with Gasteiger partial charge < -0.3 is 5.32 Å². The monoisotopic (exact) mass is 300 g/mol. The van der Waals surface area contributed by atoms with Gasteiger partial charge >= 0.3 is 0 Å². The minimum absolute atomic E-state index is 0.180. The normalized spacial score (nSPS) is 42.0. The third-order valence-electron chi connectivity index (χ3n) is 5.51. The fraction of sp³-hybridized carbons (Fsp3) is 1.00. The molecule has 5 heteroatoms. The van der Waals surface area contributed by atoms with Gasteiger partial charge in [-0.05, 0) is 38.5 Å². The maximum absolute atomic E-state index is 11.6. The Labute approximate surface area is 123 Å². The third kappa shape index (κ3) is 3.37. The number of rotatable bonds is 2. The van der Waals surface area contributed by atoms with E-state index < -0.39 is 9.84 Å². The van der Waals surface area contributed by atoms with Crippen LogP contribution >= 0.6 is 0 Å². The van der Waals surface area contributed by atoms with E-state index in [-0.39, 0.29) is 6.04 Å². The second kappa shape index (κ2) is 5.93. The zero-order chi connectivity index (χ0) is 14.2. The molecule has 20 heavy (non-hydrogen) atoms. The van der Waals surface area contributed by atoms with E-state index in [9.17, 15) is 8.42 Å². The molecule has 1 N–H and O–H groups in total. The largest absolute Gasteiger partial charge is 0.310 e. The van der Waals surface area contributed by atoms with Crippen LogP contribution in [0.2, 0.25) is 0 Å². The molecule has 1 aliphatic carbocycles. The quantitative estimate of drug-likeness (QED) is 0.838. The number of nitrogens with one attached hydrogen (secondary N) is 1. The van der Waals surface area contributed by atoms with Crippen LogP contribution in [0.15, 0.2) is 0 Å². The first kappa shape index (κ1) is 14.8. The Morgan fingerprint density at radius 1 is 1.15 bits per heavy atom. The van der Waals surface area contributed by atoms with Crippen LogP contribution in [0.1, 0.15) is 45.4 Å². The summed E-state index contributed by atoms with van der Waals surface area (Å²) in [5, 5.41) is 3.85. The molecule has 3 fully saturated rings. The van der Waals surface area contributed by atoms with Crippen LogP contribution in [0.5, 0.6) is 0 Å². The molecule has 4 atom stereocenters. The summed E-state index contributed by atoms with van der Waals surface area (Å²) in [6, 6.07) is 1.48. The summed E-state index contributed by atoms with van der Waals surface area (Å²) in [4.78, 5) is 2.38. The predicted octanol–water partition coefficient (Wildman–Crippen LogP) is 1.42. The van der Waals surface area contributed by atoms with Crippen LogP contribution in [0.3, 0.4) is 0 Å². The lowest BCUT2D eigenvalue weighted by Crippen LogP contribution is -2.56. The number of nitrogens with zero attached hydrogens (tertiary/aromatic N) is 1. The lowest BCUT2D eigenvalue weighted by atomic mass is 9.77. The van der Waals surface area contributed by atoms with E-state index in [1.165, 1.54) is 38.5 Å². The highest BCUT2D eigenvalue weighted by molar-refractivity contribution is 7.91. The van der Waals surface area contributed by atoms with E-state index >= 15 is 0 Å². The lowest BCUT2D eigenvalue weighted by molar-refractivity contribution is 0.131. The van der Waals surface area contributed by atoms with Gasteiger partial charge in [0.25, 0.3) is 0 Å². The van der Waals surface area contributed by atoms with E-state index in [1.54, 1.807) is 0 Å². The molecule has 2 aliphatic heterocycles. The Balaban J connectivity index is 1.53. The van der Waals surface area contributed by atoms with Gasteiger partial charge in [0.15, 0.2) is 9.84 Å². The van der Waals surface area contributed by atoms with Crippen molar-refractivity contribution >= 4 is 9.84 Å². The Kier molecular flexibility index (Phi) is 4.39. The van der Waals surface area contributed by atoms with Crippen LogP contribution in [-0.4, -0.2) is 56.0 Å². The van der Waals surface area contributed by atoms with Crippen molar-refractivity contribution in [1.82, 2.24) is 10.2 Å². The Morgan fingerprint density at radius 3 is 2.75 bits per heavy atom. The molecule has 0 aromatic rings. The van der Waals surface area contributed by atoms with Crippen LogP contribution < -0.4 is 5.32 Å². The van der Waals surface area contributed by atoms with E-state index in [4.69, 9.17) is 0 Å². The first-order valence-corrected chi connectivity index (χ1v) is 10.1. The summed E-state index contributed by atoms with van der Waals surface area (Å²) in [5.41, 5.74) is 0. The molecule has 0 bridgehead atoms. The second-order valence-electron chi connectivity index (χ2n) is 7.05. The van der Waals surface area contributed by atoms with Crippen molar-refractivity contribution in [1.29, 1.82) is 0 Å². The molecule has 3 aliphatic rings. The Hall–Kier alpha value is -0.130. The fourth-order valence-corrected chi connectivity index (χ4v) is 5.93. The minimum Gasteiger partial charge on any atom is -0.310 e. The average molecular weight is 300 g/mol. The molecule has 0 radical (unpaired) electrons. The third-order valence-corrected chi connectivity index (χ3v) is 7.30. The molecular weight excluding hydrogens is 272 g/mol. The first-order chi connectivity index (χ1) is 9.53. The lowest BCUT2D eigenvalue weighted by Gasteiger charge is -2.43. The smallest absolute Gasteiger partial charge is 0.153 e. The maximum atomic E-state index is 11.6. The molecule has 4 unspecified atom stereocenters. The summed E-state index contributed by atoms with van der Waals surface area (Å²) in [6.45, 7) is 3.80. The van der Waals surface area contributed by atoms with E-state index in [0.717, 1.165) is 25.0 Å². The van der Waals surface area contributed by atoms with Crippen molar-refractivity contribution in [3.05, 3.63) is 0 Å². The van der Waals surface area contributed by atoms with E-state index in [1.807, 2.05) is 0 Å². The van der Waals surface area contributed by atoms with E-state index in [0.29, 0.717) is 17.5 Å². The van der Waals surface area contributed by atoms with Gasteiger partial charge in [-0.15, -0.1) is 0 Å². The van der Waals surface area contributed by atoms with Crippen LogP contribution in [0, 0.1) is 5.92 Å². The van der Waals surface area contributed by atoms with Crippen molar-refractivity contribution in [3.63, 3.8) is 0 Å². The highest BCUT2D eigenvalue weighted by Gasteiger charge is 2.34. The minimum atomic E-state index is -2.79. The van der Waals surface area contributed by atoms with E-state index in [2.05, 4.69) is 17.1 Å². The van der Waals surface area contributed by atoms with Gasteiger partial charge in [-0.1, -0.05) is 12.8 Å². The zero-order valence-corrected chi connectivity index (χ0v) is 13.4. The maximum Gasteiger partial charge on any atom is 0.153 e. The highest BCUT2D eigenvalue weighted by atomic mass is 32.2. The molecular formula is C15H28N2O2S. The highest BCUT2D eigenvalue weighted by Crippen LogP contribution is 2.32. The van der Waals surface area contributed by atoms with Crippen molar-refractivity contribution in [2.24, 2.45) is 5.92 Å². The standard InChI is InChI=1S/C15H28N2O2S/c1-12-11-20(18,19)9-8-17(12)10-14-7-6-13-4-2-3-5-15(13)16-14/h12-16H,2-11H2,1H3. The van der Waals surface area contributed by atoms with Crippen molar-refractivity contribution in [2.45, 2.75) is 63.6 Å². The molecule has 0 spiro atoms. The van der Waals surface area contributed by atoms with Gasteiger partial charge in [-0.2, -0.15) is 0 Å². The van der Waals surface area contributed by atoms with Crippen LogP contribution in [0.4, 0.5) is 0 Å². The van der Waals surface area contributed by atoms with Crippen molar-refractivity contribution in [2.75, 3.05) is 24.6 Å². The Bertz CT molecular complexity index is 437. The van der Waals surface area contributed by atoms with Gasteiger partial charge in [-0.25, -0.2) is 8.42 Å². The summed E-state index contributed by atoms with van der Waals surface area (Å²) in [5.74, 6) is 1.58. The Morgan fingerprint density at radius 2 is 1.95 bits per heavy atom. The molecule has 2 heterocycles. The molecule has 0 amide bonds. The second-order valence-corrected chi connectivity index (χ2v) is 9.28. The van der Waals surface area contributed by atoms with Crippen molar-refractivity contribution < 1.29 is 8.42 Å². The molecule has 1 saturated carbocycles. The van der Waals surface area contributed by atoms with Gasteiger partial charge in [0, 0.05) is 31.2 Å². The van der Waals surface area contributed by atoms with Gasteiger partial charge in [0.05, 0.1) is 11.5 Å². The van der Waals surface area contributed by atoms with Crippen LogP contribution in [0.25, 0.3) is 0 Å². The molecule has 2 saturated heterocycles. The first-order valence-electron chi connectivity index (χ1n) is 8.24. The number of hydrogen-bond acceptors (Lipinski definition) is 4. The molecule has 0 aromatic carbocycles. The average Bonchev–Trinajstić information content (AvgIpc) is 2.41. The number of fused-ring (bicyclic) bond motifs is 1. The van der Waals surface area contributed by atoms with Crippen LogP contribution in [-0.2, 0) is 9.84 Å². The number of sulfone groups is 1. The van der Waals surface area contributed by atoms with Gasteiger partial charge in [0.1, 0.15) is 0 Å². The zero-order valence-electron chi connectivity index (χ0n) is 12.6. The van der Waals surface area contributed by atoms with Gasteiger partial charge in [-0.3, -0.25) is 4.90 Å². The summed E-state index contributed by atoms with van der Waals surface area (Å²) in [6.07, 6.45) is 8.15. The molecule has 4 nitrogen and oxygen atoms in total. The SMILES string of the molecule is CC1CS(=O)(=O)CCN1CC1CCC2CCCCC2N1.